The Morgan fingerprint density at radius 2 is 1.66 bits per heavy atom. The van der Waals surface area contributed by atoms with Crippen LogP contribution in [0.3, 0.4) is 0 Å². The van der Waals surface area contributed by atoms with Crippen molar-refractivity contribution in [3.8, 4) is 0 Å². The molecular weight excluding hydrogens is 583 g/mol. The summed E-state index contributed by atoms with van der Waals surface area (Å²) in [7, 11) is -7.88. The third-order valence-electron chi connectivity index (χ3n) is 10.0. The van der Waals surface area contributed by atoms with E-state index in [9.17, 15) is 18.0 Å². The maximum absolute atomic E-state index is 13.5. The minimum Gasteiger partial charge on any atom is -0.414 e. The van der Waals surface area contributed by atoms with Gasteiger partial charge in [-0.1, -0.05) is 48.5 Å². The molecule has 11 nitrogen and oxygen atoms in total. The lowest BCUT2D eigenvalue weighted by Gasteiger charge is -2.45. The number of rotatable bonds is 8. The molecule has 1 aromatic heterocycles. The molecule has 1 unspecified atom stereocenters. The predicted molar refractivity (Wildman–Crippen MR) is 164 cm³/mol. The van der Waals surface area contributed by atoms with Crippen molar-refractivity contribution in [2.75, 3.05) is 6.61 Å². The number of hydrogen-bond acceptors (Lipinski definition) is 9. The van der Waals surface area contributed by atoms with Crippen molar-refractivity contribution in [3.05, 3.63) is 43.7 Å². The van der Waals surface area contributed by atoms with Crippen molar-refractivity contribution in [2.24, 2.45) is 18.7 Å². The summed E-state index contributed by atoms with van der Waals surface area (Å²) < 4.78 is 54.1. The molecule has 0 aliphatic carbocycles. The Balaban J connectivity index is 2.26. The van der Waals surface area contributed by atoms with E-state index in [1.54, 1.807) is 6.92 Å². The van der Waals surface area contributed by atoms with Gasteiger partial charge in [-0.3, -0.25) is 13.9 Å². The molecule has 14 heteroatoms. The topological polar surface area (TPSA) is 141 Å². The van der Waals surface area contributed by atoms with E-state index < -0.39 is 62.0 Å². The van der Waals surface area contributed by atoms with E-state index in [1.165, 1.54) is 17.8 Å². The molecule has 2 N–H and O–H groups in total. The Labute approximate surface area is 246 Å². The minimum absolute atomic E-state index is 0.0349. The van der Waals surface area contributed by atoms with E-state index in [2.05, 4.69) is 40.8 Å². The fourth-order valence-electron chi connectivity index (χ4n) is 4.90. The van der Waals surface area contributed by atoms with Gasteiger partial charge in [0.2, 0.25) is 0 Å². The van der Waals surface area contributed by atoms with Gasteiger partial charge in [0.1, 0.15) is 12.2 Å². The molecule has 0 radical (unpaired) electrons. The van der Waals surface area contributed by atoms with Crippen LogP contribution in [0.2, 0.25) is 36.3 Å². The summed E-state index contributed by atoms with van der Waals surface area (Å²) in [6, 6.07) is 0. The van der Waals surface area contributed by atoms with Crippen LogP contribution >= 0.6 is 0 Å². The number of nitrogens with zero attached hydrogens (tertiary/aromatic N) is 2. The first kappa shape index (κ1) is 33.9. The second kappa shape index (κ2) is 10.6. The molecule has 0 bridgehead atoms. The van der Waals surface area contributed by atoms with Gasteiger partial charge in [0.25, 0.3) is 15.7 Å². The van der Waals surface area contributed by atoms with Gasteiger partial charge in [0, 0.05) is 18.8 Å². The standard InChI is InChI=1S/C27H49N3O8SSi2/c1-17(2)26(7,8)41(12,13)35-15-20-27(19(28)16-39(33,34)38-27)21(37-40(10,11)25(4,5)6)23(36-20)30-14-18(3)22(31)29(9)24(30)32/h14,16-17,20-21,23H,15,28H2,1-13H3/t20-,21+,23-,27?/m1/s1. The molecule has 1 fully saturated rings. The second-order valence-electron chi connectivity index (χ2n) is 14.3. The number of aromatic nitrogens is 2. The fraction of sp³-hybridized carbons (Fsp3) is 0.778. The average Bonchev–Trinajstić information content (AvgIpc) is 3.24. The molecule has 2 aliphatic rings. The number of nitrogens with two attached hydrogens (primary N) is 1. The van der Waals surface area contributed by atoms with Gasteiger partial charge >= 0.3 is 5.69 Å². The maximum Gasteiger partial charge on any atom is 0.332 e. The Hall–Kier alpha value is -1.56. The van der Waals surface area contributed by atoms with Crippen LogP contribution in [0.5, 0.6) is 0 Å². The summed E-state index contributed by atoms with van der Waals surface area (Å²) in [6.07, 6.45) is -1.91. The van der Waals surface area contributed by atoms with Gasteiger partial charge in [-0.25, -0.2) is 8.98 Å². The van der Waals surface area contributed by atoms with E-state index in [0.29, 0.717) is 11.5 Å². The van der Waals surface area contributed by atoms with Gasteiger partial charge in [-0.15, -0.1) is 0 Å². The highest BCUT2D eigenvalue weighted by Crippen LogP contribution is 2.52. The lowest BCUT2D eigenvalue weighted by Crippen LogP contribution is -2.59. The van der Waals surface area contributed by atoms with Crippen LogP contribution in [0.25, 0.3) is 0 Å². The van der Waals surface area contributed by atoms with E-state index in [1.807, 2.05) is 33.9 Å². The first-order valence-electron chi connectivity index (χ1n) is 14.0. The molecule has 3 heterocycles. The van der Waals surface area contributed by atoms with Crippen LogP contribution in [0.4, 0.5) is 0 Å². The summed E-state index contributed by atoms with van der Waals surface area (Å²) in [6.45, 7) is 24.6. The molecule has 3 rings (SSSR count). The highest BCUT2D eigenvalue weighted by Gasteiger charge is 2.67. The number of ether oxygens (including phenoxy) is 1. The zero-order valence-corrected chi connectivity index (χ0v) is 29.6. The van der Waals surface area contributed by atoms with Crippen LogP contribution in [0, 0.1) is 12.8 Å². The van der Waals surface area contributed by atoms with Crippen LogP contribution in [-0.2, 0) is 34.9 Å². The molecule has 0 amide bonds. The molecule has 1 aromatic rings. The van der Waals surface area contributed by atoms with Crippen molar-refractivity contribution in [1.82, 2.24) is 9.13 Å². The molecule has 4 atom stereocenters. The van der Waals surface area contributed by atoms with E-state index >= 15 is 0 Å². The molecule has 1 saturated heterocycles. The summed E-state index contributed by atoms with van der Waals surface area (Å²) in [5.41, 5.74) is 3.90. The van der Waals surface area contributed by atoms with Gasteiger partial charge in [-0.05, 0) is 49.1 Å². The molecule has 1 spiro atoms. The Morgan fingerprint density at radius 1 is 1.10 bits per heavy atom. The van der Waals surface area contributed by atoms with Crippen molar-refractivity contribution in [2.45, 2.75) is 116 Å². The van der Waals surface area contributed by atoms with Crippen molar-refractivity contribution in [3.63, 3.8) is 0 Å². The molecule has 0 saturated carbocycles. The molecule has 234 valence electrons. The zero-order valence-electron chi connectivity index (χ0n) is 26.8. The van der Waals surface area contributed by atoms with Crippen molar-refractivity contribution >= 4 is 26.8 Å². The summed E-state index contributed by atoms with van der Waals surface area (Å²) in [4.78, 5) is 26.0. The van der Waals surface area contributed by atoms with E-state index in [4.69, 9.17) is 23.5 Å². The second-order valence-corrected chi connectivity index (χ2v) is 25.1. The third kappa shape index (κ3) is 5.72. The largest absolute Gasteiger partial charge is 0.414 e. The summed E-state index contributed by atoms with van der Waals surface area (Å²) in [5.74, 6) is 0.324. The molecule has 41 heavy (non-hydrogen) atoms. The highest BCUT2D eigenvalue weighted by atomic mass is 32.2. The third-order valence-corrected chi connectivity index (χ3v) is 20.1. The first-order valence-corrected chi connectivity index (χ1v) is 21.3. The first-order chi connectivity index (χ1) is 18.3. The molecular formula is C27H49N3O8SSi2. The fourth-order valence-corrected chi connectivity index (χ4v) is 9.74. The monoisotopic (exact) mass is 631 g/mol. The van der Waals surface area contributed by atoms with Crippen LogP contribution in [0.15, 0.2) is 26.9 Å². The Bertz CT molecular complexity index is 1440. The maximum atomic E-state index is 13.5. The molecule has 2 aliphatic heterocycles. The van der Waals surface area contributed by atoms with Crippen LogP contribution in [-0.4, -0.2) is 58.6 Å². The van der Waals surface area contributed by atoms with E-state index in [0.717, 1.165) is 9.98 Å². The van der Waals surface area contributed by atoms with Crippen molar-refractivity contribution in [1.29, 1.82) is 0 Å². The SMILES string of the molecule is Cc1cn([C@@H]2O[C@H](CO[Si](C)(C)C(C)(C)C(C)C)C3(OS(=O)(=O)C=C3N)[C@H]2O[Si](C)(C)C(C)(C)C)c(=O)n(C)c1=O. The quantitative estimate of drug-likeness (QED) is 0.336. The lowest BCUT2D eigenvalue weighted by atomic mass is 9.89. The lowest BCUT2D eigenvalue weighted by molar-refractivity contribution is -0.0569. The van der Waals surface area contributed by atoms with E-state index in [-0.39, 0.29) is 22.4 Å². The predicted octanol–water partition coefficient (Wildman–Crippen LogP) is 3.70. The van der Waals surface area contributed by atoms with Gasteiger partial charge in [0.15, 0.2) is 28.5 Å². The minimum atomic E-state index is -4.20. The molecule has 0 aromatic carbocycles. The van der Waals surface area contributed by atoms with Crippen LogP contribution in [0.1, 0.15) is 60.3 Å². The number of aryl methyl sites for hydroxylation is 1. The Morgan fingerprint density at radius 3 is 2.12 bits per heavy atom. The normalized spacial score (nSPS) is 27.2. The van der Waals surface area contributed by atoms with Crippen molar-refractivity contribution < 1.29 is 26.2 Å². The van der Waals surface area contributed by atoms with Crippen LogP contribution < -0.4 is 17.0 Å². The highest BCUT2D eigenvalue weighted by molar-refractivity contribution is 7.90. The summed E-state index contributed by atoms with van der Waals surface area (Å²) in [5, 5.41) is 0.470. The van der Waals surface area contributed by atoms with Gasteiger partial charge < -0.3 is 19.3 Å². The van der Waals surface area contributed by atoms with Gasteiger partial charge in [0.05, 0.1) is 17.7 Å². The van der Waals surface area contributed by atoms with Gasteiger partial charge in [-0.2, -0.15) is 8.42 Å². The average molecular weight is 632 g/mol. The summed E-state index contributed by atoms with van der Waals surface area (Å²) >= 11 is 0. The zero-order chi connectivity index (χ0) is 31.7. The Kier molecular flexibility index (Phi) is 8.74. The number of hydrogen-bond donors (Lipinski definition) is 1. The smallest absolute Gasteiger partial charge is 0.332 e.